The van der Waals surface area contributed by atoms with E-state index in [0.717, 1.165) is 0 Å². The van der Waals surface area contributed by atoms with Crippen molar-refractivity contribution in [2.75, 3.05) is 7.05 Å². The summed E-state index contributed by atoms with van der Waals surface area (Å²) in [6, 6.07) is -0.230. The van der Waals surface area contributed by atoms with Gasteiger partial charge in [0.15, 0.2) is 0 Å². The van der Waals surface area contributed by atoms with Crippen molar-refractivity contribution in [3.8, 4) is 0 Å². The first-order valence-corrected chi connectivity index (χ1v) is 6.66. The lowest BCUT2D eigenvalue weighted by atomic mass is 9.85. The van der Waals surface area contributed by atoms with Gasteiger partial charge in [-0.2, -0.15) is 0 Å². The molecule has 6 nitrogen and oxygen atoms in total. The minimum Gasteiger partial charge on any atom is -0.368 e. The Labute approximate surface area is 115 Å². The second-order valence-electron chi connectivity index (χ2n) is 5.78. The highest BCUT2D eigenvalue weighted by Crippen LogP contribution is 2.21. The number of carbonyl (C=O) groups excluding carboxylic acids is 2. The van der Waals surface area contributed by atoms with Crippen molar-refractivity contribution in [3.63, 3.8) is 0 Å². The molecule has 0 saturated heterocycles. The van der Waals surface area contributed by atoms with E-state index in [1.165, 1.54) is 0 Å². The summed E-state index contributed by atoms with van der Waals surface area (Å²) in [6.45, 7) is 7.71. The molecule has 3 atom stereocenters. The molecule has 0 bridgehead atoms. The van der Waals surface area contributed by atoms with Crippen LogP contribution in [-0.2, 0) is 9.59 Å². The topological polar surface area (TPSA) is 110 Å². The number of carbonyl (C=O) groups is 2. The number of primary amides is 2. The van der Waals surface area contributed by atoms with Crippen LogP contribution in [0.15, 0.2) is 0 Å². The molecule has 0 aliphatic rings. The van der Waals surface area contributed by atoms with Crippen LogP contribution in [0.25, 0.3) is 0 Å². The number of hydrogen-bond acceptors (Lipinski definition) is 4. The molecule has 0 aromatic rings. The van der Waals surface area contributed by atoms with Gasteiger partial charge in [-0.25, -0.2) is 0 Å². The van der Waals surface area contributed by atoms with E-state index >= 15 is 0 Å². The van der Waals surface area contributed by atoms with Crippen LogP contribution in [-0.4, -0.2) is 36.5 Å². The Morgan fingerprint density at radius 2 is 1.74 bits per heavy atom. The molecule has 0 fully saturated rings. The summed E-state index contributed by atoms with van der Waals surface area (Å²) in [5.41, 5.74) is 10.00. The Kier molecular flexibility index (Phi) is 7.00. The monoisotopic (exact) mass is 272 g/mol. The van der Waals surface area contributed by atoms with Crippen LogP contribution in [0.3, 0.4) is 0 Å². The molecule has 19 heavy (non-hydrogen) atoms. The quantitative estimate of drug-likeness (QED) is 0.462. The van der Waals surface area contributed by atoms with Crippen LogP contribution in [0.4, 0.5) is 0 Å². The number of likely N-dealkylation sites (N-methyl/N-ethyl adjacent to an activating group) is 1. The van der Waals surface area contributed by atoms with Crippen molar-refractivity contribution in [2.45, 2.75) is 58.2 Å². The van der Waals surface area contributed by atoms with Crippen molar-refractivity contribution < 1.29 is 9.59 Å². The third-order valence-corrected chi connectivity index (χ3v) is 3.24. The first-order chi connectivity index (χ1) is 8.62. The third kappa shape index (κ3) is 6.02. The Balaban J connectivity index is 4.68. The minimum atomic E-state index is -0.774. The summed E-state index contributed by atoms with van der Waals surface area (Å²) < 4.78 is 0. The average molecular weight is 272 g/mol. The van der Waals surface area contributed by atoms with Crippen LogP contribution in [0.1, 0.15) is 40.5 Å². The fourth-order valence-corrected chi connectivity index (χ4v) is 2.43. The number of nitrogens with two attached hydrogens (primary N) is 2. The van der Waals surface area contributed by atoms with Gasteiger partial charge in [-0.3, -0.25) is 9.59 Å². The first kappa shape index (κ1) is 17.9. The standard InChI is InChI=1S/C13H28N4O2/c1-8(2)17-13(4,12(15)19)7-9(3)6-10(16-5)11(14)18/h8-10,16-17H,6-7H2,1-5H3,(H2,14,18)(H2,15,19). The fourth-order valence-electron chi connectivity index (χ4n) is 2.43. The largest absolute Gasteiger partial charge is 0.368 e. The summed E-state index contributed by atoms with van der Waals surface area (Å²) >= 11 is 0. The summed E-state index contributed by atoms with van der Waals surface area (Å²) in [5.74, 6) is -0.631. The second-order valence-corrected chi connectivity index (χ2v) is 5.78. The summed E-state index contributed by atoms with van der Waals surface area (Å²) in [6.07, 6.45) is 1.14. The molecule has 3 unspecified atom stereocenters. The van der Waals surface area contributed by atoms with Gasteiger partial charge in [0.2, 0.25) is 11.8 Å². The molecule has 0 aliphatic heterocycles. The van der Waals surface area contributed by atoms with Gasteiger partial charge in [0, 0.05) is 6.04 Å². The number of amides is 2. The van der Waals surface area contributed by atoms with Crippen LogP contribution in [0.5, 0.6) is 0 Å². The molecule has 112 valence electrons. The molecule has 2 amide bonds. The van der Waals surface area contributed by atoms with Crippen LogP contribution >= 0.6 is 0 Å². The van der Waals surface area contributed by atoms with E-state index in [1.807, 2.05) is 20.8 Å². The van der Waals surface area contributed by atoms with E-state index in [0.29, 0.717) is 12.8 Å². The van der Waals surface area contributed by atoms with Crippen LogP contribution < -0.4 is 22.1 Å². The van der Waals surface area contributed by atoms with Crippen molar-refractivity contribution in [2.24, 2.45) is 17.4 Å². The number of nitrogens with one attached hydrogen (secondary N) is 2. The maximum atomic E-state index is 11.6. The molecular weight excluding hydrogens is 244 g/mol. The highest BCUT2D eigenvalue weighted by molar-refractivity contribution is 5.84. The van der Waals surface area contributed by atoms with Crippen LogP contribution in [0.2, 0.25) is 0 Å². The van der Waals surface area contributed by atoms with Crippen molar-refractivity contribution in [3.05, 3.63) is 0 Å². The van der Waals surface area contributed by atoms with E-state index in [9.17, 15) is 9.59 Å². The molecule has 0 aromatic heterocycles. The van der Waals surface area contributed by atoms with E-state index in [-0.39, 0.29) is 29.8 Å². The molecule has 0 aliphatic carbocycles. The first-order valence-electron chi connectivity index (χ1n) is 6.66. The molecule has 0 spiro atoms. The zero-order chi connectivity index (χ0) is 15.2. The Hall–Kier alpha value is -1.14. The SMILES string of the molecule is CNC(CC(C)CC(C)(NC(C)C)C(N)=O)C(N)=O. The Morgan fingerprint density at radius 1 is 1.21 bits per heavy atom. The minimum absolute atomic E-state index is 0.133. The molecule has 0 saturated carbocycles. The lowest BCUT2D eigenvalue weighted by Gasteiger charge is -2.33. The summed E-state index contributed by atoms with van der Waals surface area (Å²) in [7, 11) is 1.70. The summed E-state index contributed by atoms with van der Waals surface area (Å²) in [4.78, 5) is 22.8. The molecular formula is C13H28N4O2. The second kappa shape index (κ2) is 7.45. The lowest BCUT2D eigenvalue weighted by molar-refractivity contribution is -0.124. The van der Waals surface area contributed by atoms with Gasteiger partial charge in [0.05, 0.1) is 11.6 Å². The lowest BCUT2D eigenvalue weighted by Crippen LogP contribution is -2.56. The van der Waals surface area contributed by atoms with Gasteiger partial charge in [-0.05, 0) is 46.6 Å². The van der Waals surface area contributed by atoms with Crippen molar-refractivity contribution >= 4 is 11.8 Å². The zero-order valence-corrected chi connectivity index (χ0v) is 12.6. The van der Waals surface area contributed by atoms with Gasteiger partial charge in [0.25, 0.3) is 0 Å². The van der Waals surface area contributed by atoms with Gasteiger partial charge in [0.1, 0.15) is 0 Å². The Bertz CT molecular complexity index is 320. The fraction of sp³-hybridized carbons (Fsp3) is 0.846. The highest BCUT2D eigenvalue weighted by atomic mass is 16.2. The van der Waals surface area contributed by atoms with Gasteiger partial charge >= 0.3 is 0 Å². The van der Waals surface area contributed by atoms with Crippen molar-refractivity contribution in [1.29, 1.82) is 0 Å². The van der Waals surface area contributed by atoms with Crippen molar-refractivity contribution in [1.82, 2.24) is 10.6 Å². The van der Waals surface area contributed by atoms with E-state index in [2.05, 4.69) is 10.6 Å². The van der Waals surface area contributed by atoms with Gasteiger partial charge in [-0.1, -0.05) is 6.92 Å². The third-order valence-electron chi connectivity index (χ3n) is 3.24. The van der Waals surface area contributed by atoms with Gasteiger partial charge < -0.3 is 22.1 Å². The molecule has 6 N–H and O–H groups in total. The zero-order valence-electron chi connectivity index (χ0n) is 12.6. The summed E-state index contributed by atoms with van der Waals surface area (Å²) in [5, 5.41) is 6.07. The molecule has 0 aromatic carbocycles. The normalized spacial score (nSPS) is 17.8. The maximum Gasteiger partial charge on any atom is 0.237 e. The predicted octanol–water partition coefficient (Wildman–Crippen LogP) is -0.282. The molecule has 0 radical (unpaired) electrons. The van der Waals surface area contributed by atoms with E-state index in [4.69, 9.17) is 11.5 Å². The highest BCUT2D eigenvalue weighted by Gasteiger charge is 2.34. The van der Waals surface area contributed by atoms with E-state index < -0.39 is 5.54 Å². The van der Waals surface area contributed by atoms with Crippen LogP contribution in [0, 0.1) is 5.92 Å². The molecule has 0 rings (SSSR count). The predicted molar refractivity (Wildman–Crippen MR) is 76.3 cm³/mol. The smallest absolute Gasteiger partial charge is 0.237 e. The van der Waals surface area contributed by atoms with Gasteiger partial charge in [-0.15, -0.1) is 0 Å². The van der Waals surface area contributed by atoms with E-state index in [1.54, 1.807) is 14.0 Å². The number of rotatable bonds is 9. The Morgan fingerprint density at radius 3 is 2.05 bits per heavy atom. The molecule has 6 heteroatoms. The maximum absolute atomic E-state index is 11.6. The molecule has 0 heterocycles. The number of hydrogen-bond donors (Lipinski definition) is 4. The average Bonchev–Trinajstić information content (AvgIpc) is 2.23.